The van der Waals surface area contributed by atoms with Crippen molar-refractivity contribution in [2.75, 3.05) is 13.1 Å². The van der Waals surface area contributed by atoms with Gasteiger partial charge in [-0.2, -0.15) is 0 Å². The van der Waals surface area contributed by atoms with Crippen molar-refractivity contribution in [3.63, 3.8) is 0 Å². The molecule has 0 aromatic heterocycles. The van der Waals surface area contributed by atoms with Gasteiger partial charge in [0.2, 0.25) is 0 Å². The average molecular weight is 267 g/mol. The lowest BCUT2D eigenvalue weighted by atomic mass is 9.98. The maximum Gasteiger partial charge on any atom is 0.133 e. The summed E-state index contributed by atoms with van der Waals surface area (Å²) in [7, 11) is 0. The van der Waals surface area contributed by atoms with E-state index >= 15 is 0 Å². The van der Waals surface area contributed by atoms with Gasteiger partial charge in [-0.15, -0.1) is 0 Å². The lowest BCUT2D eigenvalue weighted by Crippen LogP contribution is -2.13. The van der Waals surface area contributed by atoms with Gasteiger partial charge in [0.05, 0.1) is 0 Å². The Kier molecular flexibility index (Phi) is 8.72. The number of rotatable bonds is 11. The van der Waals surface area contributed by atoms with Crippen LogP contribution in [0.1, 0.15) is 71.1 Å². The van der Waals surface area contributed by atoms with Crippen LogP contribution in [0.4, 0.5) is 0 Å². The van der Waals surface area contributed by atoms with Crippen molar-refractivity contribution in [3.8, 4) is 0 Å². The van der Waals surface area contributed by atoms with E-state index in [1.54, 1.807) is 0 Å². The molecule has 1 aliphatic rings. The summed E-state index contributed by atoms with van der Waals surface area (Å²) < 4.78 is 0. The number of Topliss-reactive ketones (excluding diaryl/α,β-unsaturated/α-hetero) is 2. The van der Waals surface area contributed by atoms with Crippen LogP contribution in [0.5, 0.6) is 0 Å². The average Bonchev–Trinajstić information content (AvgIpc) is 2.89. The van der Waals surface area contributed by atoms with Crippen LogP contribution >= 0.6 is 0 Å². The van der Waals surface area contributed by atoms with E-state index in [1.165, 1.54) is 19.3 Å². The van der Waals surface area contributed by atoms with Crippen molar-refractivity contribution in [1.29, 1.82) is 0 Å². The Labute approximate surface area is 117 Å². The molecular weight excluding hydrogens is 238 g/mol. The van der Waals surface area contributed by atoms with Crippen LogP contribution in [0.2, 0.25) is 0 Å². The van der Waals surface area contributed by atoms with Crippen LogP contribution in [0.25, 0.3) is 0 Å². The predicted molar refractivity (Wildman–Crippen MR) is 78.2 cm³/mol. The minimum atomic E-state index is 0.271. The molecule has 1 heterocycles. The zero-order chi connectivity index (χ0) is 13.9. The second-order valence-corrected chi connectivity index (χ2v) is 5.80. The second-order valence-electron chi connectivity index (χ2n) is 5.80. The van der Waals surface area contributed by atoms with E-state index in [0.717, 1.165) is 32.4 Å². The van der Waals surface area contributed by atoms with E-state index in [4.69, 9.17) is 0 Å². The highest BCUT2D eigenvalue weighted by Crippen LogP contribution is 2.14. The molecule has 19 heavy (non-hydrogen) atoms. The minimum absolute atomic E-state index is 0.271. The van der Waals surface area contributed by atoms with E-state index in [-0.39, 0.29) is 11.6 Å². The lowest BCUT2D eigenvalue weighted by Gasteiger charge is -2.06. The summed E-state index contributed by atoms with van der Waals surface area (Å²) in [5, 5.41) is 3.27. The standard InChI is InChI=1S/C16H29NO2/c1-2-3-4-5-6-7-15(18)8-9-16(19)12-14-10-11-17-13-14/h14,17H,2-13H2,1H3. The first-order valence-electron chi connectivity index (χ1n) is 7.96. The molecule has 1 saturated heterocycles. The predicted octanol–water partition coefficient (Wildman–Crippen LogP) is 3.26. The van der Waals surface area contributed by atoms with Gasteiger partial charge in [-0.05, 0) is 31.8 Å². The third-order valence-corrected chi connectivity index (χ3v) is 3.92. The van der Waals surface area contributed by atoms with Gasteiger partial charge in [-0.3, -0.25) is 9.59 Å². The Morgan fingerprint density at radius 2 is 1.74 bits per heavy atom. The normalized spacial score (nSPS) is 18.7. The van der Waals surface area contributed by atoms with Crippen LogP contribution < -0.4 is 5.32 Å². The molecule has 0 aromatic rings. The topological polar surface area (TPSA) is 46.2 Å². The summed E-state index contributed by atoms with van der Waals surface area (Å²) >= 11 is 0. The van der Waals surface area contributed by atoms with Crippen LogP contribution in [0.3, 0.4) is 0 Å². The van der Waals surface area contributed by atoms with E-state index < -0.39 is 0 Å². The number of unbranched alkanes of at least 4 members (excludes halogenated alkanes) is 4. The van der Waals surface area contributed by atoms with Gasteiger partial charge in [0.1, 0.15) is 11.6 Å². The fourth-order valence-electron chi connectivity index (χ4n) is 2.64. The highest BCUT2D eigenvalue weighted by molar-refractivity contribution is 5.86. The number of carbonyl (C=O) groups excluding carboxylic acids is 2. The van der Waals surface area contributed by atoms with Crippen molar-refractivity contribution in [1.82, 2.24) is 5.32 Å². The highest BCUT2D eigenvalue weighted by atomic mass is 16.1. The molecule has 0 aliphatic carbocycles. The lowest BCUT2D eigenvalue weighted by molar-refractivity contribution is -0.124. The minimum Gasteiger partial charge on any atom is -0.316 e. The summed E-state index contributed by atoms with van der Waals surface area (Å²) in [5.41, 5.74) is 0. The summed E-state index contributed by atoms with van der Waals surface area (Å²) in [4.78, 5) is 23.4. The fraction of sp³-hybridized carbons (Fsp3) is 0.875. The summed E-state index contributed by atoms with van der Waals surface area (Å²) in [6.07, 6.45) is 9.26. The van der Waals surface area contributed by atoms with Crippen LogP contribution in [0.15, 0.2) is 0 Å². The first kappa shape index (κ1) is 16.4. The molecule has 110 valence electrons. The fourth-order valence-corrected chi connectivity index (χ4v) is 2.64. The first-order valence-corrected chi connectivity index (χ1v) is 7.96. The Bertz CT molecular complexity index is 270. The van der Waals surface area contributed by atoms with Crippen molar-refractivity contribution in [3.05, 3.63) is 0 Å². The molecular formula is C16H29NO2. The molecule has 1 N–H and O–H groups in total. The molecule has 1 aliphatic heterocycles. The molecule has 0 spiro atoms. The Morgan fingerprint density at radius 3 is 2.42 bits per heavy atom. The van der Waals surface area contributed by atoms with E-state index in [0.29, 0.717) is 31.6 Å². The molecule has 0 radical (unpaired) electrons. The van der Waals surface area contributed by atoms with Crippen LogP contribution in [0, 0.1) is 5.92 Å². The maximum atomic E-state index is 11.7. The quantitative estimate of drug-likeness (QED) is 0.584. The number of carbonyl (C=O) groups is 2. The summed E-state index contributed by atoms with van der Waals surface area (Å²) in [6.45, 7) is 4.20. The van der Waals surface area contributed by atoms with Gasteiger partial charge in [-0.1, -0.05) is 32.6 Å². The van der Waals surface area contributed by atoms with Crippen LogP contribution in [-0.4, -0.2) is 24.7 Å². The molecule has 0 bridgehead atoms. The number of ketones is 2. The molecule has 0 amide bonds. The monoisotopic (exact) mass is 267 g/mol. The second kappa shape index (κ2) is 10.1. The van der Waals surface area contributed by atoms with Crippen molar-refractivity contribution in [2.45, 2.75) is 71.1 Å². The van der Waals surface area contributed by atoms with Crippen molar-refractivity contribution < 1.29 is 9.59 Å². The number of hydrogen-bond donors (Lipinski definition) is 1. The Morgan fingerprint density at radius 1 is 1.00 bits per heavy atom. The SMILES string of the molecule is CCCCCCCC(=O)CCC(=O)CC1CCNC1. The molecule has 3 heteroatoms. The first-order chi connectivity index (χ1) is 9.22. The van der Waals surface area contributed by atoms with Gasteiger partial charge in [0.15, 0.2) is 0 Å². The zero-order valence-corrected chi connectivity index (χ0v) is 12.4. The van der Waals surface area contributed by atoms with E-state index in [1.807, 2.05) is 0 Å². The van der Waals surface area contributed by atoms with Crippen molar-refractivity contribution in [2.24, 2.45) is 5.92 Å². The Hall–Kier alpha value is -0.700. The zero-order valence-electron chi connectivity index (χ0n) is 12.4. The molecule has 1 fully saturated rings. The van der Waals surface area contributed by atoms with Gasteiger partial charge < -0.3 is 5.32 Å². The third-order valence-electron chi connectivity index (χ3n) is 3.92. The molecule has 0 aromatic carbocycles. The molecule has 1 atom stereocenters. The molecule has 3 nitrogen and oxygen atoms in total. The van der Waals surface area contributed by atoms with Gasteiger partial charge in [0, 0.05) is 25.7 Å². The van der Waals surface area contributed by atoms with Gasteiger partial charge in [-0.25, -0.2) is 0 Å². The molecule has 1 unspecified atom stereocenters. The van der Waals surface area contributed by atoms with Crippen molar-refractivity contribution >= 4 is 11.6 Å². The summed E-state index contributed by atoms with van der Waals surface area (Å²) in [5.74, 6) is 1.05. The molecule has 1 rings (SSSR count). The van der Waals surface area contributed by atoms with E-state index in [9.17, 15) is 9.59 Å². The largest absolute Gasteiger partial charge is 0.316 e. The molecule has 0 saturated carbocycles. The van der Waals surface area contributed by atoms with E-state index in [2.05, 4.69) is 12.2 Å². The van der Waals surface area contributed by atoms with Crippen LogP contribution in [-0.2, 0) is 9.59 Å². The highest BCUT2D eigenvalue weighted by Gasteiger charge is 2.18. The Balaban J connectivity index is 1.97. The van der Waals surface area contributed by atoms with Gasteiger partial charge in [0.25, 0.3) is 0 Å². The van der Waals surface area contributed by atoms with Gasteiger partial charge >= 0.3 is 0 Å². The number of hydrogen-bond acceptors (Lipinski definition) is 3. The number of nitrogens with one attached hydrogen (secondary N) is 1. The third kappa shape index (κ3) is 8.14. The smallest absolute Gasteiger partial charge is 0.133 e. The summed E-state index contributed by atoms with van der Waals surface area (Å²) in [6, 6.07) is 0. The maximum absolute atomic E-state index is 11.7.